The van der Waals surface area contributed by atoms with Gasteiger partial charge in [-0.25, -0.2) is 17.9 Å². The van der Waals surface area contributed by atoms with E-state index in [-0.39, 0.29) is 16.9 Å². The van der Waals surface area contributed by atoms with E-state index < -0.39 is 16.0 Å². The quantitative estimate of drug-likeness (QED) is 0.666. The first kappa shape index (κ1) is 19.6. The lowest BCUT2D eigenvalue weighted by molar-refractivity contribution is -0.865. The number of ether oxygens (including phenoxy) is 1. The largest absolute Gasteiger partial charge is 0.462 e. The molecule has 0 radical (unpaired) electrons. The summed E-state index contributed by atoms with van der Waals surface area (Å²) in [5.74, 6) is -0.459. The van der Waals surface area contributed by atoms with Crippen LogP contribution < -0.4 is 9.62 Å². The Morgan fingerprint density at radius 1 is 1.22 bits per heavy atom. The zero-order valence-electron chi connectivity index (χ0n) is 14.5. The van der Waals surface area contributed by atoms with Gasteiger partial charge in [0.2, 0.25) is 10.0 Å². The Bertz CT molecular complexity index is 622. The summed E-state index contributed by atoms with van der Waals surface area (Å²) in [4.78, 5) is 13.0. The fraction of sp³-hybridized carbons (Fsp3) is 0.562. The molecule has 0 saturated carbocycles. The molecule has 0 aromatic heterocycles. The van der Waals surface area contributed by atoms with E-state index in [1.807, 2.05) is 27.9 Å². The van der Waals surface area contributed by atoms with E-state index in [1.165, 1.54) is 29.2 Å². The second kappa shape index (κ2) is 7.90. The number of nitrogens with one attached hydrogen (secondary N) is 2. The molecule has 0 amide bonds. The summed E-state index contributed by atoms with van der Waals surface area (Å²) in [6.07, 6.45) is 0. The lowest BCUT2D eigenvalue weighted by Gasteiger charge is -2.26. The molecule has 6 nitrogen and oxygen atoms in total. The highest BCUT2D eigenvalue weighted by atomic mass is 32.2. The summed E-state index contributed by atoms with van der Waals surface area (Å²) in [6, 6.07) is 5.75. The van der Waals surface area contributed by atoms with Gasteiger partial charge in [0.05, 0.1) is 37.7 Å². The molecule has 0 atom stereocenters. The highest BCUT2D eigenvalue weighted by Crippen LogP contribution is 2.15. The third kappa shape index (κ3) is 6.29. The van der Waals surface area contributed by atoms with Gasteiger partial charge < -0.3 is 9.64 Å². The minimum absolute atomic E-state index is 0.138. The number of carbonyl (C=O) groups is 1. The maximum Gasteiger partial charge on any atom is 0.338 e. The van der Waals surface area contributed by atoms with Crippen LogP contribution in [0.4, 0.5) is 0 Å². The van der Waals surface area contributed by atoms with Gasteiger partial charge in [0.25, 0.3) is 0 Å². The normalized spacial score (nSPS) is 12.4. The third-order valence-corrected chi connectivity index (χ3v) is 4.67. The molecule has 130 valence electrons. The molecule has 7 heteroatoms. The number of benzene rings is 1. The van der Waals surface area contributed by atoms with E-state index in [0.29, 0.717) is 12.1 Å². The van der Waals surface area contributed by atoms with Crippen molar-refractivity contribution in [1.29, 1.82) is 0 Å². The monoisotopic (exact) mass is 343 g/mol. The second-order valence-electron chi connectivity index (χ2n) is 6.62. The maximum atomic E-state index is 12.3. The first-order valence-electron chi connectivity index (χ1n) is 7.63. The Kier molecular flexibility index (Phi) is 6.73. The number of carbonyl (C=O) groups excluding carboxylic acids is 1. The van der Waals surface area contributed by atoms with Crippen molar-refractivity contribution in [2.75, 3.05) is 33.8 Å². The van der Waals surface area contributed by atoms with Crippen LogP contribution in [0, 0.1) is 5.41 Å². The SMILES string of the molecule is CCOC(=O)c1ccc(S(=O)(=O)NCC(C)(C)C[NH+](C)C)cc1. The van der Waals surface area contributed by atoms with Gasteiger partial charge in [-0.15, -0.1) is 0 Å². The molecular weight excluding hydrogens is 316 g/mol. The van der Waals surface area contributed by atoms with Crippen molar-refractivity contribution in [1.82, 2.24) is 4.72 Å². The fourth-order valence-corrected chi connectivity index (χ4v) is 3.62. The van der Waals surface area contributed by atoms with Crippen molar-refractivity contribution >= 4 is 16.0 Å². The summed E-state index contributed by atoms with van der Waals surface area (Å²) < 4.78 is 32.2. The minimum atomic E-state index is -3.60. The Balaban J connectivity index is 2.79. The van der Waals surface area contributed by atoms with Crippen LogP contribution >= 0.6 is 0 Å². The zero-order chi connectivity index (χ0) is 17.7. The molecule has 1 rings (SSSR count). The molecule has 1 aromatic rings. The van der Waals surface area contributed by atoms with Crippen molar-refractivity contribution < 1.29 is 22.8 Å². The van der Waals surface area contributed by atoms with Crippen molar-refractivity contribution in [3.8, 4) is 0 Å². The molecule has 1 aromatic carbocycles. The van der Waals surface area contributed by atoms with E-state index in [1.54, 1.807) is 6.92 Å². The highest BCUT2D eigenvalue weighted by Gasteiger charge is 2.25. The van der Waals surface area contributed by atoms with Gasteiger partial charge in [0.1, 0.15) is 0 Å². The molecule has 0 saturated heterocycles. The molecule has 0 fully saturated rings. The minimum Gasteiger partial charge on any atom is -0.462 e. The number of hydrogen-bond acceptors (Lipinski definition) is 4. The van der Waals surface area contributed by atoms with E-state index in [9.17, 15) is 13.2 Å². The van der Waals surface area contributed by atoms with Gasteiger partial charge in [-0.05, 0) is 31.2 Å². The second-order valence-corrected chi connectivity index (χ2v) is 8.38. The number of hydrogen-bond donors (Lipinski definition) is 2. The van der Waals surface area contributed by atoms with Crippen LogP contribution in [0.5, 0.6) is 0 Å². The van der Waals surface area contributed by atoms with Gasteiger partial charge >= 0.3 is 5.97 Å². The number of rotatable bonds is 8. The van der Waals surface area contributed by atoms with Gasteiger partial charge in [0, 0.05) is 12.0 Å². The van der Waals surface area contributed by atoms with Crippen molar-refractivity contribution in [2.24, 2.45) is 5.41 Å². The molecule has 23 heavy (non-hydrogen) atoms. The molecule has 0 aliphatic heterocycles. The maximum absolute atomic E-state index is 12.3. The predicted molar refractivity (Wildman–Crippen MR) is 89.0 cm³/mol. The lowest BCUT2D eigenvalue weighted by atomic mass is 9.93. The zero-order valence-corrected chi connectivity index (χ0v) is 15.3. The highest BCUT2D eigenvalue weighted by molar-refractivity contribution is 7.89. The van der Waals surface area contributed by atoms with Crippen molar-refractivity contribution in [3.63, 3.8) is 0 Å². The Hall–Kier alpha value is -1.44. The predicted octanol–water partition coefficient (Wildman–Crippen LogP) is 0.312. The van der Waals surface area contributed by atoms with Gasteiger partial charge in [-0.3, -0.25) is 0 Å². The summed E-state index contributed by atoms with van der Waals surface area (Å²) in [7, 11) is 0.469. The molecule has 0 unspecified atom stereocenters. The molecule has 2 N–H and O–H groups in total. The fourth-order valence-electron chi connectivity index (χ4n) is 2.38. The van der Waals surface area contributed by atoms with Crippen LogP contribution in [0.15, 0.2) is 29.2 Å². The standard InChI is InChI=1S/C16H26N2O4S/c1-6-22-15(19)13-7-9-14(10-8-13)23(20,21)17-11-16(2,3)12-18(4)5/h7-10,17H,6,11-12H2,1-5H3/p+1. The van der Waals surface area contributed by atoms with Gasteiger partial charge in [-0.2, -0.15) is 0 Å². The van der Waals surface area contributed by atoms with Gasteiger partial charge in [-0.1, -0.05) is 13.8 Å². The smallest absolute Gasteiger partial charge is 0.338 e. The number of sulfonamides is 1. The molecule has 0 bridgehead atoms. The van der Waals surface area contributed by atoms with Crippen LogP contribution in [0.1, 0.15) is 31.1 Å². The Morgan fingerprint density at radius 3 is 2.26 bits per heavy atom. The summed E-state index contributed by atoms with van der Waals surface area (Å²) in [6.45, 7) is 7.23. The van der Waals surface area contributed by atoms with Gasteiger partial charge in [0.15, 0.2) is 0 Å². The average molecular weight is 343 g/mol. The van der Waals surface area contributed by atoms with Crippen LogP contribution in [0.2, 0.25) is 0 Å². The van der Waals surface area contributed by atoms with E-state index >= 15 is 0 Å². The van der Waals surface area contributed by atoms with E-state index in [0.717, 1.165) is 6.54 Å². The van der Waals surface area contributed by atoms with E-state index in [2.05, 4.69) is 4.72 Å². The lowest BCUT2D eigenvalue weighted by Crippen LogP contribution is -3.07. The van der Waals surface area contributed by atoms with E-state index in [4.69, 9.17) is 4.74 Å². The summed E-state index contributed by atoms with van der Waals surface area (Å²) in [5.41, 5.74) is 0.180. The van der Waals surface area contributed by atoms with Crippen LogP contribution in [0.3, 0.4) is 0 Å². The molecule has 0 heterocycles. The van der Waals surface area contributed by atoms with Crippen molar-refractivity contribution in [2.45, 2.75) is 25.7 Å². The molecule has 0 aliphatic rings. The Labute approximate surface area is 138 Å². The van der Waals surface area contributed by atoms with Crippen LogP contribution in [0.25, 0.3) is 0 Å². The van der Waals surface area contributed by atoms with Crippen LogP contribution in [-0.4, -0.2) is 48.2 Å². The molecular formula is C16H27N2O4S+. The summed E-state index contributed by atoms with van der Waals surface area (Å²) in [5, 5.41) is 0. The number of quaternary nitrogens is 1. The summed E-state index contributed by atoms with van der Waals surface area (Å²) >= 11 is 0. The number of esters is 1. The first-order chi connectivity index (χ1) is 10.6. The van der Waals surface area contributed by atoms with Crippen LogP contribution in [-0.2, 0) is 14.8 Å². The molecule has 0 spiro atoms. The van der Waals surface area contributed by atoms with Crippen molar-refractivity contribution in [3.05, 3.63) is 29.8 Å². The topological polar surface area (TPSA) is 76.9 Å². The first-order valence-corrected chi connectivity index (χ1v) is 9.11. The average Bonchev–Trinajstić information content (AvgIpc) is 2.45. The third-order valence-electron chi connectivity index (χ3n) is 3.25. The molecule has 0 aliphatic carbocycles. The Morgan fingerprint density at radius 2 is 1.78 bits per heavy atom.